The molecule has 0 spiro atoms. The van der Waals surface area contributed by atoms with Crippen molar-refractivity contribution in [1.82, 2.24) is 9.88 Å². The van der Waals surface area contributed by atoms with Gasteiger partial charge in [-0.25, -0.2) is 0 Å². The van der Waals surface area contributed by atoms with E-state index in [2.05, 4.69) is 58.4 Å². The highest BCUT2D eigenvalue weighted by molar-refractivity contribution is 5.62. The van der Waals surface area contributed by atoms with Gasteiger partial charge in [0.25, 0.3) is 0 Å². The summed E-state index contributed by atoms with van der Waals surface area (Å²) in [5.41, 5.74) is 5.04. The fourth-order valence-corrected chi connectivity index (χ4v) is 4.23. The first-order valence-electron chi connectivity index (χ1n) is 10.00. The molecular weight excluding hydrogens is 348 g/mol. The molecule has 2 aliphatic rings. The number of rotatable bonds is 4. The molecule has 1 atom stereocenters. The molecule has 4 heteroatoms. The number of benzene rings is 2. The van der Waals surface area contributed by atoms with Gasteiger partial charge in [0.1, 0.15) is 13.2 Å². The second-order valence-electron chi connectivity index (χ2n) is 7.47. The Labute approximate surface area is 165 Å². The zero-order chi connectivity index (χ0) is 18.8. The van der Waals surface area contributed by atoms with Crippen molar-refractivity contribution in [2.45, 2.75) is 25.4 Å². The molecule has 0 amide bonds. The summed E-state index contributed by atoms with van der Waals surface area (Å²) in [6.45, 7) is 3.36. The fourth-order valence-electron chi connectivity index (χ4n) is 4.23. The molecule has 5 rings (SSSR count). The first-order chi connectivity index (χ1) is 13.9. The Morgan fingerprint density at radius 3 is 2.61 bits per heavy atom. The molecule has 0 aliphatic carbocycles. The van der Waals surface area contributed by atoms with Gasteiger partial charge in [-0.05, 0) is 59.8 Å². The molecule has 1 fully saturated rings. The van der Waals surface area contributed by atoms with Crippen LogP contribution in [-0.2, 0) is 6.54 Å². The molecule has 0 bridgehead atoms. The molecule has 2 aliphatic heterocycles. The van der Waals surface area contributed by atoms with Gasteiger partial charge < -0.3 is 9.47 Å². The van der Waals surface area contributed by atoms with Crippen molar-refractivity contribution in [1.29, 1.82) is 0 Å². The van der Waals surface area contributed by atoms with Crippen molar-refractivity contribution < 1.29 is 9.47 Å². The lowest BCUT2D eigenvalue weighted by molar-refractivity contribution is 0.170. The summed E-state index contributed by atoms with van der Waals surface area (Å²) in [6.07, 6.45) is 6.14. The smallest absolute Gasteiger partial charge is 0.161 e. The third kappa shape index (κ3) is 3.48. The monoisotopic (exact) mass is 372 g/mol. The van der Waals surface area contributed by atoms with Crippen LogP contribution in [0, 0.1) is 0 Å². The fraction of sp³-hybridized carbons (Fsp3) is 0.292. The Morgan fingerprint density at radius 2 is 1.79 bits per heavy atom. The Morgan fingerprint density at radius 1 is 0.929 bits per heavy atom. The lowest BCUT2D eigenvalue weighted by atomic mass is 10.0. The van der Waals surface area contributed by atoms with Gasteiger partial charge in [-0.1, -0.05) is 36.4 Å². The van der Waals surface area contributed by atoms with Crippen LogP contribution in [0.25, 0.3) is 11.1 Å². The molecule has 0 N–H and O–H groups in total. The van der Waals surface area contributed by atoms with E-state index in [4.69, 9.17) is 9.47 Å². The third-order valence-electron chi connectivity index (χ3n) is 5.65. The maximum absolute atomic E-state index is 5.78. The number of likely N-dealkylation sites (tertiary alicyclic amines) is 1. The van der Waals surface area contributed by atoms with Crippen LogP contribution in [0.3, 0.4) is 0 Å². The largest absolute Gasteiger partial charge is 0.486 e. The lowest BCUT2D eigenvalue weighted by Gasteiger charge is -2.26. The van der Waals surface area contributed by atoms with Gasteiger partial charge in [-0.2, -0.15) is 0 Å². The molecule has 1 aromatic heterocycles. The van der Waals surface area contributed by atoms with Crippen LogP contribution < -0.4 is 9.47 Å². The molecule has 1 saturated heterocycles. The van der Waals surface area contributed by atoms with Gasteiger partial charge in [-0.15, -0.1) is 0 Å². The minimum atomic E-state index is 0.439. The molecule has 3 aromatic rings. The van der Waals surface area contributed by atoms with Crippen LogP contribution in [0.15, 0.2) is 67.0 Å². The predicted molar refractivity (Wildman–Crippen MR) is 109 cm³/mol. The van der Waals surface area contributed by atoms with E-state index >= 15 is 0 Å². The lowest BCUT2D eigenvalue weighted by Crippen LogP contribution is -2.23. The number of nitrogens with zero attached hydrogens (tertiary/aromatic N) is 2. The Kier molecular flexibility index (Phi) is 4.71. The quantitative estimate of drug-likeness (QED) is 0.655. The van der Waals surface area contributed by atoms with Gasteiger partial charge >= 0.3 is 0 Å². The van der Waals surface area contributed by atoms with Crippen molar-refractivity contribution in [3.8, 4) is 22.6 Å². The summed E-state index contributed by atoms with van der Waals surface area (Å²) < 4.78 is 11.5. The first kappa shape index (κ1) is 17.3. The summed E-state index contributed by atoms with van der Waals surface area (Å²) in [5, 5.41) is 0. The Balaban J connectivity index is 1.32. The van der Waals surface area contributed by atoms with Crippen molar-refractivity contribution in [3.05, 3.63) is 78.1 Å². The van der Waals surface area contributed by atoms with Gasteiger partial charge in [0, 0.05) is 25.0 Å². The van der Waals surface area contributed by atoms with Crippen molar-refractivity contribution in [2.24, 2.45) is 0 Å². The zero-order valence-corrected chi connectivity index (χ0v) is 15.9. The molecule has 142 valence electrons. The molecular formula is C24H24N2O2. The normalized spacial score (nSPS) is 18.9. The minimum Gasteiger partial charge on any atom is -0.486 e. The predicted octanol–water partition coefficient (Wildman–Crippen LogP) is 4.86. The summed E-state index contributed by atoms with van der Waals surface area (Å²) in [5.74, 6) is 1.75. The van der Waals surface area contributed by atoms with E-state index in [0.29, 0.717) is 19.3 Å². The number of aromatic nitrogens is 1. The second kappa shape index (κ2) is 7.64. The highest BCUT2D eigenvalue weighted by Crippen LogP contribution is 2.38. The van der Waals surface area contributed by atoms with E-state index < -0.39 is 0 Å². The molecule has 4 nitrogen and oxygen atoms in total. The van der Waals surface area contributed by atoms with E-state index in [1.165, 1.54) is 29.5 Å². The van der Waals surface area contributed by atoms with Crippen LogP contribution in [0.4, 0.5) is 0 Å². The van der Waals surface area contributed by atoms with Crippen molar-refractivity contribution in [2.75, 3.05) is 19.8 Å². The molecule has 0 saturated carbocycles. The maximum Gasteiger partial charge on any atom is 0.161 e. The van der Waals surface area contributed by atoms with Crippen LogP contribution in [0.1, 0.15) is 30.0 Å². The van der Waals surface area contributed by atoms with E-state index in [9.17, 15) is 0 Å². The van der Waals surface area contributed by atoms with E-state index in [0.717, 1.165) is 30.2 Å². The number of pyridine rings is 1. The Hall–Kier alpha value is -2.85. The SMILES string of the molecule is c1cncc(-c2ccc(CN3CCC[C@@H]3c3ccc4c(c3)OCCO4)cc2)c1. The minimum absolute atomic E-state index is 0.439. The van der Waals surface area contributed by atoms with Gasteiger partial charge in [0.15, 0.2) is 11.5 Å². The maximum atomic E-state index is 5.78. The molecule has 0 unspecified atom stereocenters. The molecule has 0 radical (unpaired) electrons. The first-order valence-corrected chi connectivity index (χ1v) is 10.00. The van der Waals surface area contributed by atoms with Crippen molar-refractivity contribution >= 4 is 0 Å². The highest BCUT2D eigenvalue weighted by Gasteiger charge is 2.27. The standard InChI is InChI=1S/C24H24N2O2/c1-3-21(16-25-11-1)19-7-5-18(6-8-19)17-26-12-2-4-22(26)20-9-10-23-24(15-20)28-14-13-27-23/h1,3,5-11,15-16,22H,2,4,12-14,17H2/t22-/m1/s1. The highest BCUT2D eigenvalue weighted by atomic mass is 16.6. The van der Waals surface area contributed by atoms with Gasteiger partial charge in [0.05, 0.1) is 0 Å². The Bertz CT molecular complexity index is 941. The van der Waals surface area contributed by atoms with Crippen LogP contribution >= 0.6 is 0 Å². The average molecular weight is 372 g/mol. The third-order valence-corrected chi connectivity index (χ3v) is 5.65. The van der Waals surface area contributed by atoms with Gasteiger partial charge in [0.2, 0.25) is 0 Å². The van der Waals surface area contributed by atoms with Crippen LogP contribution in [0.2, 0.25) is 0 Å². The summed E-state index contributed by atoms with van der Waals surface area (Å²) in [6, 6.07) is 19.8. The van der Waals surface area contributed by atoms with E-state index in [1.54, 1.807) is 0 Å². The summed E-state index contributed by atoms with van der Waals surface area (Å²) >= 11 is 0. The average Bonchev–Trinajstić information content (AvgIpc) is 3.23. The van der Waals surface area contributed by atoms with E-state index in [-0.39, 0.29) is 0 Å². The van der Waals surface area contributed by atoms with Gasteiger partial charge in [-0.3, -0.25) is 9.88 Å². The number of fused-ring (bicyclic) bond motifs is 1. The molecule has 28 heavy (non-hydrogen) atoms. The zero-order valence-electron chi connectivity index (χ0n) is 15.9. The number of hydrogen-bond donors (Lipinski definition) is 0. The van der Waals surface area contributed by atoms with Crippen LogP contribution in [-0.4, -0.2) is 29.6 Å². The van der Waals surface area contributed by atoms with Crippen LogP contribution in [0.5, 0.6) is 11.5 Å². The number of hydrogen-bond acceptors (Lipinski definition) is 4. The summed E-state index contributed by atoms with van der Waals surface area (Å²) in [4.78, 5) is 6.79. The molecule has 3 heterocycles. The topological polar surface area (TPSA) is 34.6 Å². The summed E-state index contributed by atoms with van der Waals surface area (Å²) in [7, 11) is 0. The second-order valence-corrected chi connectivity index (χ2v) is 7.47. The van der Waals surface area contributed by atoms with Crippen molar-refractivity contribution in [3.63, 3.8) is 0 Å². The molecule has 2 aromatic carbocycles. The van der Waals surface area contributed by atoms with E-state index in [1.807, 2.05) is 18.5 Å². The number of ether oxygens (including phenoxy) is 2.